The van der Waals surface area contributed by atoms with E-state index in [4.69, 9.17) is 22.9 Å². The van der Waals surface area contributed by atoms with E-state index in [2.05, 4.69) is 21.7 Å². The lowest BCUT2D eigenvalue weighted by Crippen LogP contribution is -2.57. The zero-order chi connectivity index (χ0) is 12.6. The summed E-state index contributed by atoms with van der Waals surface area (Å²) >= 11 is 0. The SMILES string of the molecule is NC(=O)C(N)NNCCNNC(N)C(N)=O. The predicted octanol–water partition coefficient (Wildman–Crippen LogP) is -5.28. The van der Waals surface area contributed by atoms with Gasteiger partial charge in [-0.15, -0.1) is 0 Å². The molecule has 0 saturated carbocycles. The molecule has 0 aromatic heterocycles. The van der Waals surface area contributed by atoms with Gasteiger partial charge in [-0.1, -0.05) is 0 Å². The van der Waals surface area contributed by atoms with Crippen molar-refractivity contribution in [2.24, 2.45) is 22.9 Å². The van der Waals surface area contributed by atoms with Gasteiger partial charge in [-0.25, -0.2) is 10.9 Å². The van der Waals surface area contributed by atoms with Crippen LogP contribution in [0.5, 0.6) is 0 Å². The summed E-state index contributed by atoms with van der Waals surface area (Å²) in [5.41, 5.74) is 30.5. The fraction of sp³-hybridized carbons (Fsp3) is 0.667. The highest BCUT2D eigenvalue weighted by molar-refractivity contribution is 5.79. The molecule has 16 heavy (non-hydrogen) atoms. The molecule has 2 atom stereocenters. The summed E-state index contributed by atoms with van der Waals surface area (Å²) in [6.45, 7) is 0.832. The van der Waals surface area contributed by atoms with E-state index in [1.807, 2.05) is 0 Å². The summed E-state index contributed by atoms with van der Waals surface area (Å²) in [5, 5.41) is 0. The van der Waals surface area contributed by atoms with E-state index >= 15 is 0 Å². The summed E-state index contributed by atoms with van der Waals surface area (Å²) < 4.78 is 0. The van der Waals surface area contributed by atoms with Crippen molar-refractivity contribution in [2.75, 3.05) is 13.1 Å². The fourth-order valence-electron chi connectivity index (χ4n) is 0.632. The number of hydrogen-bond donors (Lipinski definition) is 8. The van der Waals surface area contributed by atoms with Crippen LogP contribution < -0.4 is 44.6 Å². The Morgan fingerprint density at radius 1 is 0.875 bits per heavy atom. The van der Waals surface area contributed by atoms with Crippen LogP contribution in [-0.4, -0.2) is 37.2 Å². The van der Waals surface area contributed by atoms with Crippen molar-refractivity contribution in [3.05, 3.63) is 0 Å². The van der Waals surface area contributed by atoms with E-state index in [0.29, 0.717) is 13.1 Å². The van der Waals surface area contributed by atoms with Crippen LogP contribution in [0, 0.1) is 0 Å². The summed E-state index contributed by atoms with van der Waals surface area (Å²) in [4.78, 5) is 21.0. The third kappa shape index (κ3) is 7.05. The molecule has 0 aliphatic heterocycles. The monoisotopic (exact) mass is 234 g/mol. The fourth-order valence-corrected chi connectivity index (χ4v) is 0.632. The molecule has 2 unspecified atom stereocenters. The second-order valence-electron chi connectivity index (χ2n) is 2.90. The Kier molecular flexibility index (Phi) is 7.28. The van der Waals surface area contributed by atoms with Crippen LogP contribution in [0.2, 0.25) is 0 Å². The van der Waals surface area contributed by atoms with Gasteiger partial charge >= 0.3 is 0 Å². The molecule has 0 aliphatic carbocycles. The molecule has 12 N–H and O–H groups in total. The number of primary amides is 2. The van der Waals surface area contributed by atoms with E-state index in [0.717, 1.165) is 0 Å². The maximum atomic E-state index is 10.5. The number of nitrogens with two attached hydrogens (primary N) is 4. The van der Waals surface area contributed by atoms with Crippen molar-refractivity contribution in [2.45, 2.75) is 12.3 Å². The Labute approximate surface area is 92.4 Å². The van der Waals surface area contributed by atoms with Gasteiger partial charge in [0.2, 0.25) is 11.8 Å². The van der Waals surface area contributed by atoms with Crippen molar-refractivity contribution >= 4 is 11.8 Å². The molecule has 0 saturated heterocycles. The van der Waals surface area contributed by atoms with Gasteiger partial charge in [-0.05, 0) is 0 Å². The standard InChI is InChI=1S/C6H18N8O2/c7-3(5(9)15)13-11-1-2-12-14-4(8)6(10)16/h3-4,11-14H,1-2,7-8H2,(H2,9,15)(H2,10,16). The first-order valence-electron chi connectivity index (χ1n) is 4.51. The van der Waals surface area contributed by atoms with E-state index in [-0.39, 0.29) is 0 Å². The van der Waals surface area contributed by atoms with Crippen LogP contribution in [0.1, 0.15) is 0 Å². The van der Waals surface area contributed by atoms with Crippen LogP contribution in [0.3, 0.4) is 0 Å². The highest BCUT2D eigenvalue weighted by Gasteiger charge is 2.07. The van der Waals surface area contributed by atoms with Gasteiger partial charge in [0.1, 0.15) is 12.3 Å². The molecule has 0 aromatic carbocycles. The maximum Gasteiger partial charge on any atom is 0.250 e. The maximum absolute atomic E-state index is 10.5. The highest BCUT2D eigenvalue weighted by Crippen LogP contribution is 1.65. The molecule has 0 radical (unpaired) electrons. The van der Waals surface area contributed by atoms with Crippen LogP contribution >= 0.6 is 0 Å². The van der Waals surface area contributed by atoms with Crippen LogP contribution in [-0.2, 0) is 9.59 Å². The second-order valence-corrected chi connectivity index (χ2v) is 2.90. The predicted molar refractivity (Wildman–Crippen MR) is 56.6 cm³/mol. The minimum atomic E-state index is -0.958. The van der Waals surface area contributed by atoms with Crippen LogP contribution in [0.25, 0.3) is 0 Å². The van der Waals surface area contributed by atoms with Gasteiger partial charge in [0.25, 0.3) is 0 Å². The first kappa shape index (κ1) is 14.7. The van der Waals surface area contributed by atoms with E-state index < -0.39 is 24.1 Å². The van der Waals surface area contributed by atoms with Crippen LogP contribution in [0.4, 0.5) is 0 Å². The van der Waals surface area contributed by atoms with Crippen LogP contribution in [0.15, 0.2) is 0 Å². The van der Waals surface area contributed by atoms with Crippen molar-refractivity contribution in [1.82, 2.24) is 21.7 Å². The van der Waals surface area contributed by atoms with Gasteiger partial charge < -0.3 is 22.9 Å². The number of nitrogens with one attached hydrogen (secondary N) is 4. The topological polar surface area (TPSA) is 186 Å². The van der Waals surface area contributed by atoms with Crippen molar-refractivity contribution in [3.8, 4) is 0 Å². The molecule has 0 aromatic rings. The summed E-state index contributed by atoms with van der Waals surface area (Å²) in [6.07, 6.45) is -1.92. The Balaban J connectivity index is 3.34. The van der Waals surface area contributed by atoms with E-state index in [1.54, 1.807) is 0 Å². The first-order chi connectivity index (χ1) is 7.45. The van der Waals surface area contributed by atoms with Gasteiger partial charge in [0.15, 0.2) is 0 Å². The lowest BCUT2D eigenvalue weighted by atomic mass is 10.5. The van der Waals surface area contributed by atoms with Gasteiger partial charge in [0.05, 0.1) is 0 Å². The van der Waals surface area contributed by atoms with Gasteiger partial charge in [0, 0.05) is 13.1 Å². The Morgan fingerprint density at radius 3 is 1.44 bits per heavy atom. The third-order valence-electron chi connectivity index (χ3n) is 1.50. The zero-order valence-corrected chi connectivity index (χ0v) is 8.69. The molecule has 10 heteroatoms. The lowest BCUT2D eigenvalue weighted by molar-refractivity contribution is -0.121. The molecule has 0 aliphatic rings. The molecule has 10 nitrogen and oxygen atoms in total. The molecule has 0 rings (SSSR count). The number of rotatable bonds is 9. The average Bonchev–Trinajstić information content (AvgIpc) is 2.21. The molecule has 0 spiro atoms. The van der Waals surface area contributed by atoms with Crippen molar-refractivity contribution in [3.63, 3.8) is 0 Å². The van der Waals surface area contributed by atoms with Gasteiger partial charge in [-0.3, -0.25) is 20.4 Å². The number of hydrogen-bond acceptors (Lipinski definition) is 8. The molecular formula is C6H18N8O2. The quantitative estimate of drug-likeness (QED) is 0.110. The highest BCUT2D eigenvalue weighted by atomic mass is 16.2. The number of carbonyl (C=O) groups excluding carboxylic acids is 2. The zero-order valence-electron chi connectivity index (χ0n) is 8.69. The minimum absolute atomic E-state index is 0.416. The Morgan fingerprint density at radius 2 is 1.19 bits per heavy atom. The first-order valence-corrected chi connectivity index (χ1v) is 4.51. The second kappa shape index (κ2) is 7.92. The van der Waals surface area contributed by atoms with E-state index in [1.165, 1.54) is 0 Å². The molecule has 94 valence electrons. The smallest absolute Gasteiger partial charge is 0.250 e. The third-order valence-corrected chi connectivity index (χ3v) is 1.50. The summed E-state index contributed by atoms with van der Waals surface area (Å²) in [5.74, 6) is -1.34. The molecule has 0 bridgehead atoms. The lowest BCUT2D eigenvalue weighted by Gasteiger charge is -2.13. The number of amides is 2. The largest absolute Gasteiger partial charge is 0.367 e. The summed E-state index contributed by atoms with van der Waals surface area (Å²) in [6, 6.07) is 0. The van der Waals surface area contributed by atoms with Gasteiger partial charge in [-0.2, -0.15) is 0 Å². The number of carbonyl (C=O) groups is 2. The molecular weight excluding hydrogens is 216 g/mol. The molecule has 0 heterocycles. The number of hydrazine groups is 2. The van der Waals surface area contributed by atoms with Crippen molar-refractivity contribution in [1.29, 1.82) is 0 Å². The normalized spacial score (nSPS) is 14.4. The molecule has 0 fully saturated rings. The Hall–Kier alpha value is -1.30. The van der Waals surface area contributed by atoms with Crippen molar-refractivity contribution < 1.29 is 9.59 Å². The average molecular weight is 234 g/mol. The molecule has 2 amide bonds. The minimum Gasteiger partial charge on any atom is -0.367 e. The summed E-state index contributed by atoms with van der Waals surface area (Å²) in [7, 11) is 0. The van der Waals surface area contributed by atoms with E-state index in [9.17, 15) is 9.59 Å². The Bertz CT molecular complexity index is 211.